The van der Waals surface area contributed by atoms with Crippen LogP contribution in [0.25, 0.3) is 22.3 Å². The molecule has 0 heterocycles. The summed E-state index contributed by atoms with van der Waals surface area (Å²) in [6.45, 7) is 49.5. The van der Waals surface area contributed by atoms with Crippen LogP contribution in [0.3, 0.4) is 0 Å². The van der Waals surface area contributed by atoms with Crippen LogP contribution in [0.15, 0.2) is 229 Å². The van der Waals surface area contributed by atoms with Crippen molar-refractivity contribution in [3.05, 3.63) is 284 Å². The highest BCUT2D eigenvalue weighted by molar-refractivity contribution is 5.99. The van der Waals surface area contributed by atoms with Gasteiger partial charge < -0.3 is 0 Å². The first-order chi connectivity index (χ1) is 41.8. The smallest absolute Gasteiger partial charge is 0.0133 e. The SMILES string of the molecule is C/C=C\C(=C/Cc1ccc2cc1C(C)CCC2)CC(C)(C)C.C=C(/C=C(\C=C/C)C(C)(C)C)C1=CC(c2ccc(C(/C=C\C)=C/C)cc2)=C2CC1/C(C=CC)=C/Cc1ccccc12.C=C(/C=C(\C=C/C)CC(C)(C)C)c1ccc2cc1C(C(C)C)CCC2. The molecule has 0 aromatic heterocycles. The number of benzene rings is 4. The van der Waals surface area contributed by atoms with Gasteiger partial charge in [-0.25, -0.2) is 0 Å². The van der Waals surface area contributed by atoms with Crippen molar-refractivity contribution in [1.82, 2.24) is 0 Å². The normalized spacial score (nSPS) is 19.4. The zero-order chi connectivity index (χ0) is 64.3. The van der Waals surface area contributed by atoms with Crippen molar-refractivity contribution in [2.45, 2.75) is 207 Å². The van der Waals surface area contributed by atoms with Gasteiger partial charge in [0.2, 0.25) is 0 Å². The van der Waals surface area contributed by atoms with Gasteiger partial charge in [-0.1, -0.05) is 278 Å². The second-order valence-electron chi connectivity index (χ2n) is 29.2. The van der Waals surface area contributed by atoms with Crippen molar-refractivity contribution in [1.29, 1.82) is 0 Å². The van der Waals surface area contributed by atoms with Gasteiger partial charge in [0.15, 0.2) is 0 Å². The molecule has 4 aliphatic rings. The molecule has 4 aliphatic carbocycles. The number of hydrogen-bond acceptors (Lipinski definition) is 0. The Bertz CT molecular complexity index is 3420. The average molecular weight is 1170 g/mol. The lowest BCUT2D eigenvalue weighted by atomic mass is 9.71. The van der Waals surface area contributed by atoms with Crippen LogP contribution in [0.5, 0.6) is 0 Å². The summed E-state index contributed by atoms with van der Waals surface area (Å²) < 4.78 is 0. The first-order valence-corrected chi connectivity index (χ1v) is 33.7. The van der Waals surface area contributed by atoms with E-state index < -0.39 is 0 Å². The van der Waals surface area contributed by atoms with Crippen LogP contribution in [0.1, 0.15) is 237 Å². The summed E-state index contributed by atoms with van der Waals surface area (Å²) in [6, 6.07) is 32.3. The summed E-state index contributed by atoms with van der Waals surface area (Å²) in [5, 5.41) is 0. The summed E-state index contributed by atoms with van der Waals surface area (Å²) in [4.78, 5) is 0. The Morgan fingerprint density at radius 1 is 0.636 bits per heavy atom. The zero-order valence-corrected chi connectivity index (χ0v) is 58.3. The molecular weight excluding hydrogens is 1060 g/mol. The first kappa shape index (κ1) is 70.3. The summed E-state index contributed by atoms with van der Waals surface area (Å²) in [5.74, 6) is 2.29. The first-order valence-electron chi connectivity index (χ1n) is 33.7. The Hall–Kier alpha value is -6.76. The largest absolute Gasteiger partial charge is 0.0915 e. The van der Waals surface area contributed by atoms with Gasteiger partial charge in [-0.3, -0.25) is 0 Å². The predicted molar refractivity (Wildman–Crippen MR) is 394 cm³/mol. The minimum atomic E-state index is 0.0314. The van der Waals surface area contributed by atoms with Crippen LogP contribution >= 0.6 is 0 Å². The van der Waals surface area contributed by atoms with Gasteiger partial charge in [0, 0.05) is 5.92 Å². The van der Waals surface area contributed by atoms with E-state index in [4.69, 9.17) is 0 Å². The summed E-state index contributed by atoms with van der Waals surface area (Å²) in [6.07, 6.45) is 48.9. The molecule has 0 heteroatoms. The van der Waals surface area contributed by atoms with Crippen LogP contribution in [0, 0.1) is 28.1 Å². The fourth-order valence-corrected chi connectivity index (χ4v) is 13.5. The summed E-state index contributed by atoms with van der Waals surface area (Å²) in [5.41, 5.74) is 27.9. The van der Waals surface area contributed by atoms with E-state index in [9.17, 15) is 0 Å². The van der Waals surface area contributed by atoms with E-state index in [1.165, 1.54) is 133 Å². The standard InChI is InChI=1S/C41H46.C25H36.C22H32/c1-9-15-30(12-4)31-20-22-34(23-21-31)39-27-37(29(5)26-35(17-11-3)41(6,7)8)38-28-40(39)36-19-14-13-18-33(36)25-24-32(38)16-10-2;1-8-10-21(17-25(5,6)7)15-19(4)23-14-13-20-11-9-12-22(18(2)3)24(23)16-20;1-6-8-19(16-22(3,4)5)12-14-20-13-11-18-10-7-9-17(2)21(20)15-18/h9-24,26-27,38H,5,25,28H2,1-4,6-8H3;8,10,13-16,18,22H,4,9,11-12,17H2,1-3,5-7H3;6,8,11-13,15,17H,7,9-10,14,16H2,1-5H3/b15-9-,16-10?,17-11-,30-12+,32-24+,35-26+;10-8-,21-15+;8-6-,19-12+. The lowest BCUT2D eigenvalue weighted by molar-refractivity contribution is 0.412. The summed E-state index contributed by atoms with van der Waals surface area (Å²) in [7, 11) is 0. The maximum atomic E-state index is 4.68. The monoisotopic (exact) mass is 1170 g/mol. The van der Waals surface area contributed by atoms with Gasteiger partial charge in [-0.2, -0.15) is 0 Å². The third-order valence-electron chi connectivity index (χ3n) is 17.8. The quantitative estimate of drug-likeness (QED) is 0.0981. The molecule has 0 spiro atoms. The van der Waals surface area contributed by atoms with Gasteiger partial charge >= 0.3 is 0 Å². The Labute approximate surface area is 538 Å². The second-order valence-corrected chi connectivity index (χ2v) is 29.2. The molecule has 88 heavy (non-hydrogen) atoms. The molecule has 0 saturated carbocycles. The minimum Gasteiger partial charge on any atom is -0.0915 e. The average Bonchev–Trinajstić information content (AvgIpc) is 2.54. The van der Waals surface area contributed by atoms with Crippen molar-refractivity contribution >= 4 is 22.3 Å². The van der Waals surface area contributed by atoms with Crippen LogP contribution in [0.4, 0.5) is 0 Å². The Balaban J connectivity index is 0.000000226. The van der Waals surface area contributed by atoms with Crippen LogP contribution < -0.4 is 0 Å². The molecule has 466 valence electrons. The minimum absolute atomic E-state index is 0.0314. The van der Waals surface area contributed by atoms with E-state index in [1.807, 2.05) is 0 Å². The molecular formula is C88H114. The van der Waals surface area contributed by atoms with E-state index >= 15 is 0 Å². The van der Waals surface area contributed by atoms with Crippen molar-refractivity contribution < 1.29 is 0 Å². The summed E-state index contributed by atoms with van der Waals surface area (Å²) >= 11 is 0. The number of allylic oxidation sites excluding steroid dienone is 26. The van der Waals surface area contributed by atoms with Crippen LogP contribution in [-0.2, 0) is 25.7 Å². The van der Waals surface area contributed by atoms with E-state index in [-0.39, 0.29) is 16.7 Å². The predicted octanol–water partition coefficient (Wildman–Crippen LogP) is 26.0. The highest BCUT2D eigenvalue weighted by Crippen LogP contribution is 2.48. The van der Waals surface area contributed by atoms with E-state index in [0.717, 1.165) is 43.3 Å². The highest BCUT2D eigenvalue weighted by atomic mass is 14.3. The van der Waals surface area contributed by atoms with Gasteiger partial charge in [0.05, 0.1) is 0 Å². The van der Waals surface area contributed by atoms with Gasteiger partial charge in [-0.05, 0) is 258 Å². The third-order valence-corrected chi connectivity index (χ3v) is 17.8. The van der Waals surface area contributed by atoms with Crippen molar-refractivity contribution in [3.63, 3.8) is 0 Å². The molecule has 4 aromatic carbocycles. The van der Waals surface area contributed by atoms with Crippen LogP contribution in [-0.4, -0.2) is 0 Å². The molecule has 3 unspecified atom stereocenters. The lowest BCUT2D eigenvalue weighted by Gasteiger charge is -2.33. The van der Waals surface area contributed by atoms with E-state index in [0.29, 0.717) is 23.2 Å². The van der Waals surface area contributed by atoms with Crippen molar-refractivity contribution in [3.8, 4) is 0 Å². The fourth-order valence-electron chi connectivity index (χ4n) is 13.5. The molecule has 0 radical (unpaired) electrons. The molecule has 0 nitrogen and oxygen atoms in total. The third kappa shape index (κ3) is 20.1. The maximum absolute atomic E-state index is 4.68. The molecule has 3 atom stereocenters. The van der Waals surface area contributed by atoms with Gasteiger partial charge in [-0.15, -0.1) is 0 Å². The Kier molecular flexibility index (Phi) is 26.1. The molecule has 4 aromatic rings. The fraction of sp³-hybridized carbons (Fsp3) is 0.409. The van der Waals surface area contributed by atoms with Crippen LogP contribution in [0.2, 0.25) is 0 Å². The molecule has 0 fully saturated rings. The molecule has 6 bridgehead atoms. The molecule has 0 aliphatic heterocycles. The topological polar surface area (TPSA) is 0 Å². The second kappa shape index (κ2) is 32.6. The number of fused-ring (bicyclic) bond motifs is 8. The van der Waals surface area contributed by atoms with E-state index in [1.54, 1.807) is 5.56 Å². The van der Waals surface area contributed by atoms with Crippen molar-refractivity contribution in [2.24, 2.45) is 28.1 Å². The molecule has 8 rings (SSSR count). The van der Waals surface area contributed by atoms with E-state index in [2.05, 4.69) is 320 Å². The molecule has 0 saturated heterocycles. The van der Waals surface area contributed by atoms with Crippen molar-refractivity contribution in [2.75, 3.05) is 0 Å². The highest BCUT2D eigenvalue weighted by Gasteiger charge is 2.31. The Morgan fingerprint density at radius 2 is 1.25 bits per heavy atom. The Morgan fingerprint density at radius 3 is 1.86 bits per heavy atom. The number of aryl methyl sites for hydroxylation is 2. The number of hydrogen-bond donors (Lipinski definition) is 0. The van der Waals surface area contributed by atoms with Gasteiger partial charge in [0.25, 0.3) is 0 Å². The lowest BCUT2D eigenvalue weighted by Crippen LogP contribution is -2.17. The molecule has 0 amide bonds. The number of rotatable bonds is 16. The van der Waals surface area contributed by atoms with Gasteiger partial charge in [0.1, 0.15) is 0 Å². The maximum Gasteiger partial charge on any atom is 0.0133 e. The molecule has 0 N–H and O–H groups in total. The zero-order valence-electron chi connectivity index (χ0n) is 58.3.